The summed E-state index contributed by atoms with van der Waals surface area (Å²) in [4.78, 5) is 24.2. The summed E-state index contributed by atoms with van der Waals surface area (Å²) in [5.74, 6) is -3.76. The van der Waals surface area contributed by atoms with Crippen molar-refractivity contribution in [2.24, 2.45) is 0 Å². The molecular formula is C18H18O6. The van der Waals surface area contributed by atoms with Crippen molar-refractivity contribution in [3.63, 3.8) is 0 Å². The van der Waals surface area contributed by atoms with Crippen LogP contribution >= 0.6 is 0 Å². The number of carboxylic acids is 1. The summed E-state index contributed by atoms with van der Waals surface area (Å²) in [6.07, 6.45) is 0.178. The van der Waals surface area contributed by atoms with Gasteiger partial charge in [0.2, 0.25) is 0 Å². The van der Waals surface area contributed by atoms with Crippen LogP contribution in [0.15, 0.2) is 30.3 Å². The number of carbonyl (C=O) groups is 2. The summed E-state index contributed by atoms with van der Waals surface area (Å²) < 4.78 is 0. The zero-order valence-corrected chi connectivity index (χ0v) is 13.3. The lowest BCUT2D eigenvalue weighted by molar-refractivity contribution is -0.138. The van der Waals surface area contributed by atoms with E-state index in [4.69, 9.17) is 0 Å². The Kier molecular flexibility index (Phi) is 4.78. The number of rotatable bonds is 5. The molecule has 4 N–H and O–H groups in total. The van der Waals surface area contributed by atoms with E-state index in [0.29, 0.717) is 5.56 Å². The molecule has 0 saturated heterocycles. The van der Waals surface area contributed by atoms with Gasteiger partial charge in [0, 0.05) is 11.6 Å². The van der Waals surface area contributed by atoms with E-state index in [1.807, 2.05) is 0 Å². The van der Waals surface area contributed by atoms with E-state index in [2.05, 4.69) is 0 Å². The number of aryl methyl sites for hydroxylation is 1. The number of benzene rings is 2. The summed E-state index contributed by atoms with van der Waals surface area (Å²) >= 11 is 0. The maximum absolute atomic E-state index is 12.8. The summed E-state index contributed by atoms with van der Waals surface area (Å²) in [5.41, 5.74) is 0.539. The van der Waals surface area contributed by atoms with Gasteiger partial charge in [-0.05, 0) is 36.6 Å². The second-order valence-corrected chi connectivity index (χ2v) is 5.56. The van der Waals surface area contributed by atoms with Crippen LogP contribution < -0.4 is 0 Å². The van der Waals surface area contributed by atoms with Crippen molar-refractivity contribution in [2.45, 2.75) is 26.2 Å². The molecule has 2 aromatic rings. The highest BCUT2D eigenvalue weighted by atomic mass is 16.4. The largest absolute Gasteiger partial charge is 0.508 e. The highest BCUT2D eigenvalue weighted by molar-refractivity contribution is 6.12. The van der Waals surface area contributed by atoms with Gasteiger partial charge in [-0.3, -0.25) is 9.59 Å². The van der Waals surface area contributed by atoms with E-state index in [1.165, 1.54) is 18.2 Å². The molecule has 2 rings (SSSR count). The molecule has 2 aromatic carbocycles. The first-order valence-electron chi connectivity index (χ1n) is 7.39. The smallest absolute Gasteiger partial charge is 0.310 e. The molecule has 0 bridgehead atoms. The van der Waals surface area contributed by atoms with Crippen LogP contribution in [0.4, 0.5) is 0 Å². The number of aromatic hydroxyl groups is 3. The van der Waals surface area contributed by atoms with Gasteiger partial charge < -0.3 is 20.4 Å². The Bertz CT molecular complexity index is 809. The number of hydrogen-bond donors (Lipinski definition) is 4. The van der Waals surface area contributed by atoms with Crippen molar-refractivity contribution in [2.75, 3.05) is 0 Å². The lowest BCUT2D eigenvalue weighted by Gasteiger charge is -2.17. The summed E-state index contributed by atoms with van der Waals surface area (Å²) in [5, 5.41) is 38.9. The van der Waals surface area contributed by atoms with Crippen LogP contribution in [0.5, 0.6) is 17.2 Å². The Morgan fingerprint density at radius 3 is 2.25 bits per heavy atom. The fraction of sp³-hybridized carbons (Fsp3) is 0.222. The first kappa shape index (κ1) is 17.3. The zero-order chi connectivity index (χ0) is 18.0. The minimum absolute atomic E-state index is 0.0348. The SMILES string of the molecule is CCC(C(=O)O)c1cc(O)cc(O)c1C(=O)c1ccc(C)c(O)c1. The maximum atomic E-state index is 12.8. The Labute approximate surface area is 138 Å². The van der Waals surface area contributed by atoms with Crippen LogP contribution in [0.2, 0.25) is 0 Å². The number of carbonyl (C=O) groups excluding carboxylic acids is 1. The summed E-state index contributed by atoms with van der Waals surface area (Å²) in [6.45, 7) is 3.30. The van der Waals surface area contributed by atoms with Crippen molar-refractivity contribution in [1.29, 1.82) is 0 Å². The Hall–Kier alpha value is -3.02. The molecule has 0 aliphatic heterocycles. The predicted molar refractivity (Wildman–Crippen MR) is 86.7 cm³/mol. The van der Waals surface area contributed by atoms with Gasteiger partial charge in [0.05, 0.1) is 11.5 Å². The third kappa shape index (κ3) is 3.17. The molecule has 1 atom stereocenters. The molecular weight excluding hydrogens is 312 g/mol. The molecule has 6 nitrogen and oxygen atoms in total. The molecule has 126 valence electrons. The molecule has 24 heavy (non-hydrogen) atoms. The second kappa shape index (κ2) is 6.62. The highest BCUT2D eigenvalue weighted by Gasteiger charge is 2.28. The number of ketones is 1. The number of carboxylic acid groups (broad SMARTS) is 1. The van der Waals surface area contributed by atoms with E-state index in [1.54, 1.807) is 19.9 Å². The van der Waals surface area contributed by atoms with Crippen LogP contribution in [0.1, 0.15) is 46.3 Å². The lowest BCUT2D eigenvalue weighted by Crippen LogP contribution is -2.16. The summed E-state index contributed by atoms with van der Waals surface area (Å²) in [7, 11) is 0. The van der Waals surface area contributed by atoms with Gasteiger partial charge in [0.15, 0.2) is 5.78 Å². The topological polar surface area (TPSA) is 115 Å². The molecule has 0 saturated carbocycles. The van der Waals surface area contributed by atoms with Gasteiger partial charge in [-0.1, -0.05) is 19.1 Å². The Morgan fingerprint density at radius 2 is 1.71 bits per heavy atom. The van der Waals surface area contributed by atoms with Crippen LogP contribution in [0.25, 0.3) is 0 Å². The molecule has 6 heteroatoms. The van der Waals surface area contributed by atoms with E-state index in [9.17, 15) is 30.0 Å². The monoisotopic (exact) mass is 330 g/mol. The number of aliphatic carboxylic acids is 1. The van der Waals surface area contributed by atoms with Crippen LogP contribution in [-0.4, -0.2) is 32.2 Å². The molecule has 0 fully saturated rings. The molecule has 1 unspecified atom stereocenters. The zero-order valence-electron chi connectivity index (χ0n) is 13.3. The van der Waals surface area contributed by atoms with Crippen molar-refractivity contribution < 1.29 is 30.0 Å². The molecule has 0 radical (unpaired) electrons. The van der Waals surface area contributed by atoms with E-state index < -0.39 is 23.4 Å². The molecule has 0 aliphatic carbocycles. The van der Waals surface area contributed by atoms with Crippen molar-refractivity contribution in [3.8, 4) is 17.2 Å². The third-order valence-electron chi connectivity index (χ3n) is 3.91. The number of hydrogen-bond acceptors (Lipinski definition) is 5. The average Bonchev–Trinajstić information content (AvgIpc) is 2.49. The predicted octanol–water partition coefficient (Wildman–Crippen LogP) is 2.92. The average molecular weight is 330 g/mol. The van der Waals surface area contributed by atoms with Crippen molar-refractivity contribution in [3.05, 3.63) is 52.6 Å². The Balaban J connectivity index is 2.66. The maximum Gasteiger partial charge on any atom is 0.310 e. The first-order chi connectivity index (χ1) is 11.3. The van der Waals surface area contributed by atoms with Gasteiger partial charge in [0.25, 0.3) is 0 Å². The normalized spacial score (nSPS) is 11.9. The van der Waals surface area contributed by atoms with E-state index in [0.717, 1.165) is 6.07 Å². The van der Waals surface area contributed by atoms with Crippen LogP contribution in [0, 0.1) is 6.92 Å². The van der Waals surface area contributed by atoms with Gasteiger partial charge in [0.1, 0.15) is 17.2 Å². The second-order valence-electron chi connectivity index (χ2n) is 5.56. The lowest BCUT2D eigenvalue weighted by atomic mass is 9.87. The van der Waals surface area contributed by atoms with Crippen LogP contribution in [0.3, 0.4) is 0 Å². The fourth-order valence-electron chi connectivity index (χ4n) is 2.58. The standard InChI is InChI=1S/C18H18O6/c1-3-12(18(23)24)13-7-11(19)8-15(21)16(13)17(22)10-5-4-9(2)14(20)6-10/h4-8,12,19-21H,3H2,1-2H3,(H,23,24). The van der Waals surface area contributed by atoms with Gasteiger partial charge in [-0.15, -0.1) is 0 Å². The minimum atomic E-state index is -1.16. The van der Waals surface area contributed by atoms with Gasteiger partial charge >= 0.3 is 5.97 Å². The van der Waals surface area contributed by atoms with E-state index in [-0.39, 0.29) is 34.6 Å². The minimum Gasteiger partial charge on any atom is -0.508 e. The van der Waals surface area contributed by atoms with Crippen molar-refractivity contribution in [1.82, 2.24) is 0 Å². The number of phenolic OH excluding ortho intramolecular Hbond substituents is 3. The summed E-state index contributed by atoms with van der Waals surface area (Å²) in [6, 6.07) is 6.45. The Morgan fingerprint density at radius 1 is 1.04 bits per heavy atom. The fourth-order valence-corrected chi connectivity index (χ4v) is 2.58. The van der Waals surface area contributed by atoms with E-state index >= 15 is 0 Å². The van der Waals surface area contributed by atoms with Crippen molar-refractivity contribution >= 4 is 11.8 Å². The van der Waals surface area contributed by atoms with Crippen LogP contribution in [-0.2, 0) is 4.79 Å². The number of phenols is 3. The van der Waals surface area contributed by atoms with Gasteiger partial charge in [-0.2, -0.15) is 0 Å². The van der Waals surface area contributed by atoms with Gasteiger partial charge in [-0.25, -0.2) is 0 Å². The molecule has 0 amide bonds. The quantitative estimate of drug-likeness (QED) is 0.627. The molecule has 0 aromatic heterocycles. The molecule has 0 heterocycles. The highest BCUT2D eigenvalue weighted by Crippen LogP contribution is 2.35. The molecule has 0 spiro atoms. The third-order valence-corrected chi connectivity index (χ3v) is 3.91. The molecule has 0 aliphatic rings. The first-order valence-corrected chi connectivity index (χ1v) is 7.39.